The summed E-state index contributed by atoms with van der Waals surface area (Å²) < 4.78 is 0. The quantitative estimate of drug-likeness (QED) is 0.858. The number of piperidine rings is 1. The summed E-state index contributed by atoms with van der Waals surface area (Å²) in [4.78, 5) is 28.0. The molecule has 1 heterocycles. The zero-order valence-electron chi connectivity index (χ0n) is 16.8. The van der Waals surface area contributed by atoms with Gasteiger partial charge in [0.25, 0.3) is 0 Å². The second kappa shape index (κ2) is 8.15. The van der Waals surface area contributed by atoms with E-state index in [1.54, 1.807) is 17.0 Å². The van der Waals surface area contributed by atoms with Crippen LogP contribution in [0.1, 0.15) is 35.7 Å². The smallest absolute Gasteiger partial charge is 0.336 e. The molecular weight excluding hydrogens is 352 g/mol. The summed E-state index contributed by atoms with van der Waals surface area (Å²) in [6.07, 6.45) is 1.94. The normalized spacial score (nSPS) is 20.0. The van der Waals surface area contributed by atoms with Gasteiger partial charge in [-0.15, -0.1) is 0 Å². The third kappa shape index (κ3) is 4.25. The van der Waals surface area contributed by atoms with Crippen molar-refractivity contribution in [3.63, 3.8) is 0 Å². The number of amides is 1. The summed E-state index contributed by atoms with van der Waals surface area (Å²) in [7, 11) is 3.64. The number of likely N-dealkylation sites (tertiary alicyclic amines) is 1. The molecule has 3 rings (SSSR count). The van der Waals surface area contributed by atoms with Crippen LogP contribution in [0.4, 0.5) is 0 Å². The molecule has 148 valence electrons. The van der Waals surface area contributed by atoms with Gasteiger partial charge in [-0.25, -0.2) is 4.79 Å². The molecular formula is C23H28N2O3. The Balaban J connectivity index is 1.73. The molecule has 1 amide bonds. The molecule has 1 N–H and O–H groups in total. The molecule has 0 saturated carbocycles. The van der Waals surface area contributed by atoms with Crippen LogP contribution in [0.5, 0.6) is 0 Å². The van der Waals surface area contributed by atoms with E-state index in [0.29, 0.717) is 5.56 Å². The van der Waals surface area contributed by atoms with E-state index in [4.69, 9.17) is 0 Å². The average molecular weight is 380 g/mol. The average Bonchev–Trinajstić information content (AvgIpc) is 2.68. The van der Waals surface area contributed by atoms with Crippen molar-refractivity contribution >= 4 is 11.9 Å². The summed E-state index contributed by atoms with van der Waals surface area (Å²) in [5.74, 6) is -0.726. The van der Waals surface area contributed by atoms with Crippen molar-refractivity contribution in [2.45, 2.75) is 26.3 Å². The van der Waals surface area contributed by atoms with Crippen LogP contribution < -0.4 is 0 Å². The molecule has 1 saturated heterocycles. The largest absolute Gasteiger partial charge is 0.478 e. The van der Waals surface area contributed by atoms with Crippen molar-refractivity contribution in [1.82, 2.24) is 9.80 Å². The van der Waals surface area contributed by atoms with Gasteiger partial charge in [0.05, 0.1) is 11.0 Å². The first kappa shape index (κ1) is 20.1. The number of aromatic carboxylic acids is 1. The Morgan fingerprint density at radius 3 is 2.43 bits per heavy atom. The van der Waals surface area contributed by atoms with Gasteiger partial charge in [-0.05, 0) is 49.1 Å². The van der Waals surface area contributed by atoms with Crippen LogP contribution in [0.3, 0.4) is 0 Å². The number of carbonyl (C=O) groups is 2. The summed E-state index contributed by atoms with van der Waals surface area (Å²) >= 11 is 0. The first-order valence-corrected chi connectivity index (χ1v) is 9.66. The highest BCUT2D eigenvalue weighted by Gasteiger charge is 2.38. The zero-order chi connectivity index (χ0) is 20.3. The highest BCUT2D eigenvalue weighted by Crippen LogP contribution is 2.32. The third-order valence-electron chi connectivity index (χ3n) is 5.53. The van der Waals surface area contributed by atoms with Crippen molar-refractivity contribution < 1.29 is 14.7 Å². The van der Waals surface area contributed by atoms with E-state index in [1.807, 2.05) is 50.5 Å². The fourth-order valence-electron chi connectivity index (χ4n) is 4.16. The number of rotatable bonds is 5. The zero-order valence-corrected chi connectivity index (χ0v) is 16.8. The number of hydrogen-bond donors (Lipinski definition) is 1. The Kier molecular flexibility index (Phi) is 5.84. The molecule has 1 atom stereocenters. The number of hydrogen-bond acceptors (Lipinski definition) is 3. The SMILES string of the molecule is CN(C)C(=O)C1(C)CCCN(Cc2ccc(-c3ccccc3C(=O)O)cc2)C1. The van der Waals surface area contributed by atoms with Crippen LogP contribution in [0, 0.1) is 5.41 Å². The summed E-state index contributed by atoms with van der Waals surface area (Å²) in [6, 6.07) is 15.1. The molecule has 0 radical (unpaired) electrons. The van der Waals surface area contributed by atoms with Crippen LogP contribution in [-0.2, 0) is 11.3 Å². The molecule has 2 aromatic carbocycles. The van der Waals surface area contributed by atoms with Crippen LogP contribution in [0.15, 0.2) is 48.5 Å². The predicted molar refractivity (Wildman–Crippen MR) is 110 cm³/mol. The fraction of sp³-hybridized carbons (Fsp3) is 0.391. The monoisotopic (exact) mass is 380 g/mol. The van der Waals surface area contributed by atoms with Gasteiger partial charge in [-0.1, -0.05) is 42.5 Å². The van der Waals surface area contributed by atoms with Crippen LogP contribution in [0.25, 0.3) is 11.1 Å². The summed E-state index contributed by atoms with van der Waals surface area (Å²) in [5, 5.41) is 9.39. The van der Waals surface area contributed by atoms with E-state index < -0.39 is 5.97 Å². The van der Waals surface area contributed by atoms with Crippen molar-refractivity contribution in [1.29, 1.82) is 0 Å². The van der Waals surface area contributed by atoms with E-state index in [-0.39, 0.29) is 11.3 Å². The predicted octanol–water partition coefficient (Wildman–Crippen LogP) is 3.74. The van der Waals surface area contributed by atoms with Gasteiger partial charge in [0.1, 0.15) is 0 Å². The second-order valence-corrected chi connectivity index (χ2v) is 8.12. The van der Waals surface area contributed by atoms with E-state index in [1.165, 1.54) is 0 Å². The van der Waals surface area contributed by atoms with E-state index in [2.05, 4.69) is 11.8 Å². The van der Waals surface area contributed by atoms with Gasteiger partial charge >= 0.3 is 5.97 Å². The number of benzene rings is 2. The topological polar surface area (TPSA) is 60.9 Å². The summed E-state index contributed by atoms with van der Waals surface area (Å²) in [5.41, 5.74) is 2.77. The van der Waals surface area contributed by atoms with Crippen molar-refractivity contribution in [3.05, 3.63) is 59.7 Å². The van der Waals surface area contributed by atoms with Gasteiger partial charge in [-0.3, -0.25) is 9.69 Å². The van der Waals surface area contributed by atoms with Crippen molar-refractivity contribution in [3.8, 4) is 11.1 Å². The van der Waals surface area contributed by atoms with Crippen molar-refractivity contribution in [2.24, 2.45) is 5.41 Å². The standard InChI is InChI=1S/C23H28N2O3/c1-23(22(28)24(2)3)13-6-14-25(16-23)15-17-9-11-18(12-10-17)19-7-4-5-8-20(19)21(26)27/h4-5,7-12H,6,13-16H2,1-3H3,(H,26,27). The molecule has 0 bridgehead atoms. The van der Waals surface area contributed by atoms with E-state index in [9.17, 15) is 14.7 Å². The van der Waals surface area contributed by atoms with Crippen LogP contribution in [-0.4, -0.2) is 54.0 Å². The lowest BCUT2D eigenvalue weighted by Gasteiger charge is -2.40. The molecule has 5 nitrogen and oxygen atoms in total. The second-order valence-electron chi connectivity index (χ2n) is 8.12. The molecule has 1 unspecified atom stereocenters. The molecule has 1 aliphatic heterocycles. The maximum Gasteiger partial charge on any atom is 0.336 e. The third-order valence-corrected chi connectivity index (χ3v) is 5.53. The maximum absolute atomic E-state index is 12.6. The molecule has 28 heavy (non-hydrogen) atoms. The summed E-state index contributed by atoms with van der Waals surface area (Å²) in [6.45, 7) is 4.60. The van der Waals surface area contributed by atoms with E-state index >= 15 is 0 Å². The molecule has 0 aliphatic carbocycles. The molecule has 0 aromatic heterocycles. The van der Waals surface area contributed by atoms with Crippen LogP contribution >= 0.6 is 0 Å². The van der Waals surface area contributed by atoms with E-state index in [0.717, 1.165) is 49.2 Å². The van der Waals surface area contributed by atoms with Gasteiger partial charge in [-0.2, -0.15) is 0 Å². The highest BCUT2D eigenvalue weighted by atomic mass is 16.4. The lowest BCUT2D eigenvalue weighted by atomic mass is 9.80. The highest BCUT2D eigenvalue weighted by molar-refractivity contribution is 5.96. The Labute approximate surface area is 166 Å². The number of carboxylic acids is 1. The van der Waals surface area contributed by atoms with Gasteiger partial charge < -0.3 is 10.0 Å². The number of carbonyl (C=O) groups excluding carboxylic acids is 1. The van der Waals surface area contributed by atoms with Crippen LogP contribution in [0.2, 0.25) is 0 Å². The number of carboxylic acid groups (broad SMARTS) is 1. The molecule has 2 aromatic rings. The minimum Gasteiger partial charge on any atom is -0.478 e. The minimum absolute atomic E-state index is 0.192. The molecule has 1 fully saturated rings. The Hall–Kier alpha value is -2.66. The van der Waals surface area contributed by atoms with Crippen molar-refractivity contribution in [2.75, 3.05) is 27.2 Å². The maximum atomic E-state index is 12.6. The Morgan fingerprint density at radius 1 is 1.11 bits per heavy atom. The van der Waals surface area contributed by atoms with Gasteiger partial charge in [0, 0.05) is 27.2 Å². The molecule has 0 spiro atoms. The Morgan fingerprint density at radius 2 is 1.79 bits per heavy atom. The Bertz CT molecular complexity index is 860. The molecule has 1 aliphatic rings. The minimum atomic E-state index is -0.919. The lowest BCUT2D eigenvalue weighted by Crippen LogP contribution is -2.49. The first-order chi connectivity index (χ1) is 13.3. The lowest BCUT2D eigenvalue weighted by molar-refractivity contribution is -0.141. The number of nitrogens with zero attached hydrogens (tertiary/aromatic N) is 2. The first-order valence-electron chi connectivity index (χ1n) is 9.66. The van der Waals surface area contributed by atoms with Gasteiger partial charge in [0.15, 0.2) is 0 Å². The fourth-order valence-corrected chi connectivity index (χ4v) is 4.16. The molecule has 5 heteroatoms. The van der Waals surface area contributed by atoms with Gasteiger partial charge in [0.2, 0.25) is 5.91 Å².